The smallest absolute Gasteiger partial charge is 0.150 e. The van der Waals surface area contributed by atoms with E-state index in [4.69, 9.17) is 34.8 Å². The number of hydrogen-bond acceptors (Lipinski definition) is 3. The molecule has 1 aromatic rings. The van der Waals surface area contributed by atoms with Crippen LogP contribution < -0.4 is 5.32 Å². The zero-order valence-corrected chi connectivity index (χ0v) is 13.4. The summed E-state index contributed by atoms with van der Waals surface area (Å²) in [6, 6.07) is 1.62. The quantitative estimate of drug-likeness (QED) is 0.836. The van der Waals surface area contributed by atoms with Crippen molar-refractivity contribution in [1.82, 2.24) is 9.88 Å². The third-order valence-corrected chi connectivity index (χ3v) is 4.92. The molecule has 1 aliphatic carbocycles. The lowest BCUT2D eigenvalue weighted by Gasteiger charge is -2.36. The summed E-state index contributed by atoms with van der Waals surface area (Å²) < 4.78 is 0. The maximum absolute atomic E-state index is 6.13. The molecule has 19 heavy (non-hydrogen) atoms. The molecule has 6 heteroatoms. The molecule has 0 aromatic carbocycles. The summed E-state index contributed by atoms with van der Waals surface area (Å²) in [5, 5.41) is 4.47. The van der Waals surface area contributed by atoms with Crippen LogP contribution in [0, 0.1) is 0 Å². The number of aromatic nitrogens is 1. The predicted molar refractivity (Wildman–Crippen MR) is 82.6 cm³/mol. The van der Waals surface area contributed by atoms with Crippen LogP contribution in [0.3, 0.4) is 0 Å². The highest BCUT2D eigenvalue weighted by Crippen LogP contribution is 2.35. The molecule has 1 heterocycles. The van der Waals surface area contributed by atoms with Crippen LogP contribution >= 0.6 is 34.8 Å². The van der Waals surface area contributed by atoms with Gasteiger partial charge < -0.3 is 10.2 Å². The highest BCUT2D eigenvalue weighted by Gasteiger charge is 2.35. The van der Waals surface area contributed by atoms with Gasteiger partial charge in [0.05, 0.1) is 10.0 Å². The Balaban J connectivity index is 2.11. The van der Waals surface area contributed by atoms with E-state index >= 15 is 0 Å². The minimum atomic E-state index is 0.178. The van der Waals surface area contributed by atoms with Crippen molar-refractivity contribution in [2.45, 2.75) is 31.2 Å². The minimum Gasteiger partial charge on any atom is -0.367 e. The van der Waals surface area contributed by atoms with Crippen molar-refractivity contribution in [3.05, 3.63) is 21.3 Å². The van der Waals surface area contributed by atoms with Crippen LogP contribution in [0.15, 0.2) is 6.07 Å². The van der Waals surface area contributed by atoms with Gasteiger partial charge in [-0.15, -0.1) is 0 Å². The molecule has 0 saturated heterocycles. The lowest BCUT2D eigenvalue weighted by Crippen LogP contribution is -2.47. The van der Waals surface area contributed by atoms with Gasteiger partial charge in [0.15, 0.2) is 0 Å². The molecule has 0 radical (unpaired) electrons. The maximum atomic E-state index is 6.13. The van der Waals surface area contributed by atoms with Crippen LogP contribution in [0.2, 0.25) is 15.2 Å². The SMILES string of the molecule is CN(C)C1(CNc2nc(Cl)c(Cl)cc2Cl)CCCC1. The van der Waals surface area contributed by atoms with Crippen LogP contribution in [0.5, 0.6) is 0 Å². The number of nitrogens with one attached hydrogen (secondary N) is 1. The summed E-state index contributed by atoms with van der Waals surface area (Å²) in [6.45, 7) is 0.810. The second-order valence-electron chi connectivity index (χ2n) is 5.27. The summed E-state index contributed by atoms with van der Waals surface area (Å²) in [5.41, 5.74) is 0.178. The van der Waals surface area contributed by atoms with E-state index in [1.165, 1.54) is 25.7 Å². The van der Waals surface area contributed by atoms with E-state index in [0.29, 0.717) is 15.9 Å². The fourth-order valence-electron chi connectivity index (χ4n) is 2.63. The predicted octanol–water partition coefficient (Wildman–Crippen LogP) is 4.33. The van der Waals surface area contributed by atoms with Gasteiger partial charge in [-0.2, -0.15) is 0 Å². The number of halogens is 3. The average Bonchev–Trinajstić information content (AvgIpc) is 2.82. The van der Waals surface area contributed by atoms with Gasteiger partial charge in [0, 0.05) is 12.1 Å². The second-order valence-corrected chi connectivity index (χ2v) is 6.44. The van der Waals surface area contributed by atoms with Gasteiger partial charge in [-0.3, -0.25) is 0 Å². The first-order valence-electron chi connectivity index (χ1n) is 6.37. The van der Waals surface area contributed by atoms with E-state index in [2.05, 4.69) is 29.3 Å². The topological polar surface area (TPSA) is 28.2 Å². The second kappa shape index (κ2) is 6.04. The number of likely N-dealkylation sites (N-methyl/N-ethyl adjacent to an activating group) is 1. The summed E-state index contributed by atoms with van der Waals surface area (Å²) in [4.78, 5) is 6.49. The number of anilines is 1. The zero-order valence-electron chi connectivity index (χ0n) is 11.1. The molecule has 3 nitrogen and oxygen atoms in total. The molecule has 1 aromatic heterocycles. The molecular weight excluding hydrogens is 305 g/mol. The number of rotatable bonds is 4. The van der Waals surface area contributed by atoms with Crippen molar-refractivity contribution in [3.8, 4) is 0 Å². The average molecular weight is 323 g/mol. The van der Waals surface area contributed by atoms with Gasteiger partial charge in [-0.1, -0.05) is 47.6 Å². The van der Waals surface area contributed by atoms with Gasteiger partial charge >= 0.3 is 0 Å². The summed E-state index contributed by atoms with van der Waals surface area (Å²) in [7, 11) is 4.24. The summed E-state index contributed by atoms with van der Waals surface area (Å²) in [6.07, 6.45) is 4.91. The first kappa shape index (κ1) is 15.2. The Morgan fingerprint density at radius 2 is 1.84 bits per heavy atom. The number of pyridine rings is 1. The Kier molecular flexibility index (Phi) is 4.83. The van der Waals surface area contributed by atoms with Gasteiger partial charge in [-0.25, -0.2) is 4.98 Å². The molecule has 106 valence electrons. The molecule has 2 rings (SSSR count). The fraction of sp³-hybridized carbons (Fsp3) is 0.615. The molecular formula is C13H18Cl3N3. The first-order valence-corrected chi connectivity index (χ1v) is 7.51. The Bertz CT molecular complexity index is 457. The minimum absolute atomic E-state index is 0.178. The molecule has 1 aliphatic rings. The lowest BCUT2D eigenvalue weighted by atomic mass is 9.96. The van der Waals surface area contributed by atoms with Crippen molar-refractivity contribution in [2.24, 2.45) is 0 Å². The van der Waals surface area contributed by atoms with Crippen LogP contribution in [-0.4, -0.2) is 36.1 Å². The van der Waals surface area contributed by atoms with Crippen LogP contribution in [0.1, 0.15) is 25.7 Å². The van der Waals surface area contributed by atoms with Crippen molar-refractivity contribution < 1.29 is 0 Å². The Hall–Kier alpha value is -0.220. The molecule has 0 unspecified atom stereocenters. The fourth-order valence-corrected chi connectivity index (χ4v) is 3.20. The molecule has 1 fully saturated rings. The number of nitrogens with zero attached hydrogens (tertiary/aromatic N) is 2. The molecule has 0 bridgehead atoms. The van der Waals surface area contributed by atoms with E-state index in [0.717, 1.165) is 6.54 Å². The molecule has 0 amide bonds. The van der Waals surface area contributed by atoms with Crippen LogP contribution in [-0.2, 0) is 0 Å². The molecule has 0 spiro atoms. The van der Waals surface area contributed by atoms with Gasteiger partial charge in [0.1, 0.15) is 11.0 Å². The Morgan fingerprint density at radius 3 is 2.42 bits per heavy atom. The van der Waals surface area contributed by atoms with Gasteiger partial charge in [0.2, 0.25) is 0 Å². The van der Waals surface area contributed by atoms with Crippen molar-refractivity contribution in [2.75, 3.05) is 26.0 Å². The van der Waals surface area contributed by atoms with E-state index in [1.807, 2.05) is 0 Å². The van der Waals surface area contributed by atoms with Gasteiger partial charge in [-0.05, 0) is 33.0 Å². The Labute approximate surface area is 129 Å². The van der Waals surface area contributed by atoms with Gasteiger partial charge in [0.25, 0.3) is 0 Å². The molecule has 1 N–H and O–H groups in total. The Morgan fingerprint density at radius 1 is 1.21 bits per heavy atom. The van der Waals surface area contributed by atoms with E-state index < -0.39 is 0 Å². The van der Waals surface area contributed by atoms with E-state index in [-0.39, 0.29) is 10.7 Å². The van der Waals surface area contributed by atoms with Crippen molar-refractivity contribution in [1.29, 1.82) is 0 Å². The standard InChI is InChI=1S/C13H18Cl3N3/c1-19(2)13(5-3-4-6-13)8-17-12-10(15)7-9(14)11(16)18-12/h7H,3-6,8H2,1-2H3,(H,17,18). The van der Waals surface area contributed by atoms with Crippen LogP contribution in [0.4, 0.5) is 5.82 Å². The van der Waals surface area contributed by atoms with E-state index in [1.54, 1.807) is 6.07 Å². The normalized spacial score (nSPS) is 18.0. The molecule has 0 atom stereocenters. The third-order valence-electron chi connectivity index (χ3n) is 3.95. The van der Waals surface area contributed by atoms with Crippen LogP contribution in [0.25, 0.3) is 0 Å². The highest BCUT2D eigenvalue weighted by molar-refractivity contribution is 6.42. The molecule has 1 saturated carbocycles. The lowest BCUT2D eigenvalue weighted by molar-refractivity contribution is 0.172. The zero-order chi connectivity index (χ0) is 14.0. The van der Waals surface area contributed by atoms with E-state index in [9.17, 15) is 0 Å². The molecule has 0 aliphatic heterocycles. The summed E-state index contributed by atoms with van der Waals surface area (Å²) >= 11 is 17.9. The monoisotopic (exact) mass is 321 g/mol. The first-order chi connectivity index (χ1) is 8.94. The number of hydrogen-bond donors (Lipinski definition) is 1. The van der Waals surface area contributed by atoms with Crippen molar-refractivity contribution >= 4 is 40.6 Å². The van der Waals surface area contributed by atoms with Crippen molar-refractivity contribution in [3.63, 3.8) is 0 Å². The highest BCUT2D eigenvalue weighted by atomic mass is 35.5. The maximum Gasteiger partial charge on any atom is 0.150 e. The largest absolute Gasteiger partial charge is 0.367 e. The summed E-state index contributed by atoms with van der Waals surface area (Å²) in [5.74, 6) is 0.601. The third kappa shape index (κ3) is 3.27.